The Morgan fingerprint density at radius 3 is 2.59 bits per heavy atom. The molecule has 1 nitrogen and oxygen atoms in total. The van der Waals surface area contributed by atoms with Crippen molar-refractivity contribution in [2.75, 3.05) is 0 Å². The molecule has 1 aliphatic rings. The van der Waals surface area contributed by atoms with Crippen LogP contribution in [0.3, 0.4) is 0 Å². The molecule has 0 saturated carbocycles. The van der Waals surface area contributed by atoms with Crippen LogP contribution >= 0.6 is 0 Å². The minimum absolute atomic E-state index is 0.259. The molecule has 0 aromatic carbocycles. The predicted molar refractivity (Wildman–Crippen MR) is 73.9 cm³/mol. The fourth-order valence-electron chi connectivity index (χ4n) is 3.16. The summed E-state index contributed by atoms with van der Waals surface area (Å²) in [7, 11) is 0. The van der Waals surface area contributed by atoms with Crippen LogP contribution in [0.25, 0.3) is 0 Å². The van der Waals surface area contributed by atoms with E-state index in [1.165, 1.54) is 5.57 Å². The van der Waals surface area contributed by atoms with Gasteiger partial charge >= 0.3 is 0 Å². The van der Waals surface area contributed by atoms with Crippen LogP contribution in [-0.2, 0) is 4.79 Å². The highest BCUT2D eigenvalue weighted by molar-refractivity contribution is 5.94. The average molecular weight is 234 g/mol. The minimum Gasteiger partial charge on any atom is -0.295 e. The Kier molecular flexibility index (Phi) is 4.35. The van der Waals surface area contributed by atoms with Gasteiger partial charge in [0.1, 0.15) is 0 Å². The van der Waals surface area contributed by atoms with E-state index in [4.69, 9.17) is 0 Å². The lowest BCUT2D eigenvalue weighted by Gasteiger charge is -2.30. The summed E-state index contributed by atoms with van der Waals surface area (Å²) in [6, 6.07) is 0. The molecule has 0 saturated heterocycles. The maximum atomic E-state index is 11.6. The van der Waals surface area contributed by atoms with Crippen molar-refractivity contribution in [1.82, 2.24) is 0 Å². The molecule has 2 unspecified atom stereocenters. The van der Waals surface area contributed by atoms with Crippen molar-refractivity contribution in [1.29, 1.82) is 0 Å². The Labute approximate surface area is 106 Å². The normalized spacial score (nSPS) is 25.6. The first-order valence-electron chi connectivity index (χ1n) is 6.68. The van der Waals surface area contributed by atoms with Crippen LogP contribution in [0.15, 0.2) is 23.3 Å². The first kappa shape index (κ1) is 14.2. The number of rotatable bonds is 4. The molecule has 0 aromatic heterocycles. The van der Waals surface area contributed by atoms with Gasteiger partial charge < -0.3 is 0 Å². The van der Waals surface area contributed by atoms with E-state index in [0.717, 1.165) is 12.0 Å². The molecule has 0 aliphatic heterocycles. The maximum Gasteiger partial charge on any atom is 0.157 e. The Bertz CT molecular complexity index is 358. The fraction of sp³-hybridized carbons (Fsp3) is 0.688. The summed E-state index contributed by atoms with van der Waals surface area (Å²) in [5.41, 5.74) is 2.68. The molecular formula is C16H26O. The maximum absolute atomic E-state index is 11.6. The zero-order valence-electron chi connectivity index (χ0n) is 12.1. The van der Waals surface area contributed by atoms with Gasteiger partial charge in [0.2, 0.25) is 0 Å². The number of Topliss-reactive ketones (excluding diaryl/α,β-unsaturated/α-hetero) is 1. The summed E-state index contributed by atoms with van der Waals surface area (Å²) in [5, 5.41) is 0. The Hall–Kier alpha value is -0.850. The molecule has 17 heavy (non-hydrogen) atoms. The van der Waals surface area contributed by atoms with Crippen molar-refractivity contribution in [3.05, 3.63) is 23.3 Å². The molecule has 0 radical (unpaired) electrons. The number of hydrogen-bond donors (Lipinski definition) is 0. The number of hydrogen-bond acceptors (Lipinski definition) is 1. The smallest absolute Gasteiger partial charge is 0.157 e. The van der Waals surface area contributed by atoms with Gasteiger partial charge in [-0.2, -0.15) is 0 Å². The molecule has 2 atom stereocenters. The largest absolute Gasteiger partial charge is 0.295 e. The first-order chi connectivity index (χ1) is 7.77. The summed E-state index contributed by atoms with van der Waals surface area (Å²) >= 11 is 0. The topological polar surface area (TPSA) is 17.1 Å². The van der Waals surface area contributed by atoms with Gasteiger partial charge in [0.15, 0.2) is 5.78 Å². The van der Waals surface area contributed by atoms with Gasteiger partial charge in [0, 0.05) is 6.42 Å². The SMILES string of the molecule is CCC(=O)/C(C)=C/C(C)C1CC(C)=CC1(C)C. The van der Waals surface area contributed by atoms with Crippen LogP contribution in [0.4, 0.5) is 0 Å². The average Bonchev–Trinajstić information content (AvgIpc) is 2.50. The number of carbonyl (C=O) groups excluding carboxylic acids is 1. The molecule has 96 valence electrons. The molecule has 1 heteroatoms. The van der Waals surface area contributed by atoms with Gasteiger partial charge in [0.05, 0.1) is 0 Å². The van der Waals surface area contributed by atoms with Crippen molar-refractivity contribution in [3.63, 3.8) is 0 Å². The quantitative estimate of drug-likeness (QED) is 0.515. The predicted octanol–water partition coefficient (Wildman–Crippen LogP) is 4.54. The summed E-state index contributed by atoms with van der Waals surface area (Å²) in [6.07, 6.45) is 6.34. The van der Waals surface area contributed by atoms with E-state index in [2.05, 4.69) is 39.8 Å². The van der Waals surface area contributed by atoms with Gasteiger partial charge in [-0.1, -0.05) is 45.4 Å². The van der Waals surface area contributed by atoms with E-state index in [-0.39, 0.29) is 11.2 Å². The van der Waals surface area contributed by atoms with Crippen molar-refractivity contribution in [2.45, 2.75) is 54.4 Å². The zero-order chi connectivity index (χ0) is 13.2. The van der Waals surface area contributed by atoms with Gasteiger partial charge in [0.25, 0.3) is 0 Å². The van der Waals surface area contributed by atoms with Gasteiger partial charge in [-0.3, -0.25) is 4.79 Å². The van der Waals surface area contributed by atoms with Crippen LogP contribution in [0.5, 0.6) is 0 Å². The Morgan fingerprint density at radius 1 is 1.59 bits per heavy atom. The van der Waals surface area contributed by atoms with Crippen molar-refractivity contribution < 1.29 is 4.79 Å². The summed E-state index contributed by atoms with van der Waals surface area (Å²) in [5.74, 6) is 1.37. The molecule has 1 rings (SSSR count). The van der Waals surface area contributed by atoms with E-state index in [0.29, 0.717) is 18.3 Å². The Morgan fingerprint density at radius 2 is 2.18 bits per heavy atom. The third-order valence-corrected chi connectivity index (χ3v) is 4.02. The fourth-order valence-corrected chi connectivity index (χ4v) is 3.16. The second kappa shape index (κ2) is 5.20. The van der Waals surface area contributed by atoms with Crippen molar-refractivity contribution in [2.24, 2.45) is 17.3 Å². The zero-order valence-corrected chi connectivity index (χ0v) is 12.1. The first-order valence-corrected chi connectivity index (χ1v) is 6.68. The van der Waals surface area contributed by atoms with Crippen molar-refractivity contribution >= 4 is 5.78 Å². The van der Waals surface area contributed by atoms with E-state index in [1.54, 1.807) is 0 Å². The van der Waals surface area contributed by atoms with Crippen LogP contribution in [0, 0.1) is 17.3 Å². The van der Waals surface area contributed by atoms with Gasteiger partial charge in [-0.25, -0.2) is 0 Å². The van der Waals surface area contributed by atoms with Gasteiger partial charge in [-0.05, 0) is 43.1 Å². The lowest BCUT2D eigenvalue weighted by Crippen LogP contribution is -2.23. The van der Waals surface area contributed by atoms with E-state index in [1.807, 2.05) is 13.8 Å². The van der Waals surface area contributed by atoms with Crippen molar-refractivity contribution in [3.8, 4) is 0 Å². The Balaban J connectivity index is 2.79. The summed E-state index contributed by atoms with van der Waals surface area (Å²) < 4.78 is 0. The van der Waals surface area contributed by atoms with Crippen LogP contribution in [-0.4, -0.2) is 5.78 Å². The highest BCUT2D eigenvalue weighted by Crippen LogP contribution is 2.45. The third-order valence-electron chi connectivity index (χ3n) is 4.02. The van der Waals surface area contributed by atoms with Crippen LogP contribution in [0.1, 0.15) is 54.4 Å². The lowest BCUT2D eigenvalue weighted by molar-refractivity contribution is -0.115. The summed E-state index contributed by atoms with van der Waals surface area (Å²) in [6.45, 7) is 12.9. The van der Waals surface area contributed by atoms with Crippen LogP contribution < -0.4 is 0 Å². The molecule has 0 fully saturated rings. The molecule has 0 amide bonds. The van der Waals surface area contributed by atoms with Crippen LogP contribution in [0.2, 0.25) is 0 Å². The monoisotopic (exact) mass is 234 g/mol. The number of ketones is 1. The van der Waals surface area contributed by atoms with E-state index >= 15 is 0 Å². The molecule has 0 spiro atoms. The molecular weight excluding hydrogens is 208 g/mol. The molecule has 1 aliphatic carbocycles. The second-order valence-corrected chi connectivity index (χ2v) is 6.11. The molecule has 0 heterocycles. The lowest BCUT2D eigenvalue weighted by atomic mass is 9.74. The minimum atomic E-state index is 0.259. The van der Waals surface area contributed by atoms with E-state index < -0.39 is 0 Å². The highest BCUT2D eigenvalue weighted by Gasteiger charge is 2.35. The number of allylic oxidation sites excluding steroid dienone is 4. The highest BCUT2D eigenvalue weighted by atomic mass is 16.1. The standard InChI is InChI=1S/C16H26O/c1-7-15(17)13(4)9-12(3)14-8-11(2)10-16(14,5)6/h9-10,12,14H,7-8H2,1-6H3/b13-9+. The van der Waals surface area contributed by atoms with E-state index in [9.17, 15) is 4.79 Å². The molecule has 0 N–H and O–H groups in total. The second-order valence-electron chi connectivity index (χ2n) is 6.11. The summed E-state index contributed by atoms with van der Waals surface area (Å²) in [4.78, 5) is 11.6. The third kappa shape index (κ3) is 3.31. The number of carbonyl (C=O) groups is 1. The molecule has 0 bridgehead atoms. The van der Waals surface area contributed by atoms with Gasteiger partial charge in [-0.15, -0.1) is 0 Å². The molecule has 0 aromatic rings.